The molecule has 102 valence electrons. The summed E-state index contributed by atoms with van der Waals surface area (Å²) < 4.78 is 31.7. The van der Waals surface area contributed by atoms with Gasteiger partial charge in [0.1, 0.15) is 11.6 Å². The SMILES string of the molecule is CC(CCc1ccco1)Nc1c(F)cc(F)cc1Cl. The summed E-state index contributed by atoms with van der Waals surface area (Å²) in [6.07, 6.45) is 3.10. The Labute approximate surface area is 115 Å². The van der Waals surface area contributed by atoms with Crippen LogP contribution in [0, 0.1) is 11.6 Å². The average Bonchev–Trinajstić information content (AvgIpc) is 2.84. The van der Waals surface area contributed by atoms with Gasteiger partial charge in [-0.25, -0.2) is 8.78 Å². The average molecular weight is 286 g/mol. The molecule has 2 rings (SSSR count). The van der Waals surface area contributed by atoms with Crippen molar-refractivity contribution in [3.05, 3.63) is 52.9 Å². The normalized spacial score (nSPS) is 12.4. The van der Waals surface area contributed by atoms with Gasteiger partial charge in [0.05, 0.1) is 17.0 Å². The van der Waals surface area contributed by atoms with E-state index in [4.69, 9.17) is 16.0 Å². The number of nitrogens with one attached hydrogen (secondary N) is 1. The number of hydrogen-bond donors (Lipinski definition) is 1. The number of furan rings is 1. The Morgan fingerprint density at radius 3 is 2.79 bits per heavy atom. The van der Waals surface area contributed by atoms with Crippen molar-refractivity contribution in [2.45, 2.75) is 25.8 Å². The quantitative estimate of drug-likeness (QED) is 0.865. The molecular weight excluding hydrogens is 272 g/mol. The first-order valence-electron chi connectivity index (χ1n) is 5.99. The molecule has 5 heteroatoms. The first-order chi connectivity index (χ1) is 9.06. The van der Waals surface area contributed by atoms with Crippen LogP contribution in [0.25, 0.3) is 0 Å². The van der Waals surface area contributed by atoms with Gasteiger partial charge in [0, 0.05) is 18.5 Å². The Bertz CT molecular complexity index is 519. The van der Waals surface area contributed by atoms with E-state index in [1.54, 1.807) is 6.26 Å². The zero-order valence-corrected chi connectivity index (χ0v) is 11.2. The Balaban J connectivity index is 1.97. The number of hydrogen-bond acceptors (Lipinski definition) is 2. The van der Waals surface area contributed by atoms with Crippen LogP contribution in [0.1, 0.15) is 19.1 Å². The van der Waals surface area contributed by atoms with Crippen molar-refractivity contribution < 1.29 is 13.2 Å². The zero-order chi connectivity index (χ0) is 13.8. The highest BCUT2D eigenvalue weighted by Crippen LogP contribution is 2.27. The van der Waals surface area contributed by atoms with Crippen LogP contribution in [0.5, 0.6) is 0 Å². The van der Waals surface area contributed by atoms with Gasteiger partial charge in [0.15, 0.2) is 5.82 Å². The third-order valence-electron chi connectivity index (χ3n) is 2.80. The van der Waals surface area contributed by atoms with E-state index >= 15 is 0 Å². The van der Waals surface area contributed by atoms with Crippen molar-refractivity contribution in [1.29, 1.82) is 0 Å². The van der Waals surface area contributed by atoms with Crippen molar-refractivity contribution in [2.75, 3.05) is 5.32 Å². The van der Waals surface area contributed by atoms with Gasteiger partial charge in [-0.2, -0.15) is 0 Å². The fourth-order valence-electron chi connectivity index (χ4n) is 1.81. The molecule has 1 atom stereocenters. The highest BCUT2D eigenvalue weighted by atomic mass is 35.5. The molecule has 0 saturated carbocycles. The summed E-state index contributed by atoms with van der Waals surface area (Å²) in [5.41, 5.74) is 0.134. The molecule has 0 aliphatic carbocycles. The topological polar surface area (TPSA) is 25.2 Å². The highest BCUT2D eigenvalue weighted by Gasteiger charge is 2.12. The first kappa shape index (κ1) is 13.9. The van der Waals surface area contributed by atoms with Gasteiger partial charge in [-0.05, 0) is 31.5 Å². The van der Waals surface area contributed by atoms with E-state index < -0.39 is 11.6 Å². The highest BCUT2D eigenvalue weighted by molar-refractivity contribution is 6.33. The third-order valence-corrected chi connectivity index (χ3v) is 3.10. The van der Waals surface area contributed by atoms with Crippen molar-refractivity contribution in [3.8, 4) is 0 Å². The molecule has 1 aromatic carbocycles. The fourth-order valence-corrected chi connectivity index (χ4v) is 2.06. The van der Waals surface area contributed by atoms with Crippen LogP contribution in [0.2, 0.25) is 5.02 Å². The van der Waals surface area contributed by atoms with E-state index in [0.717, 1.165) is 30.7 Å². The number of halogens is 3. The summed E-state index contributed by atoms with van der Waals surface area (Å²) in [7, 11) is 0. The molecule has 0 fully saturated rings. The molecule has 1 aromatic heterocycles. The summed E-state index contributed by atoms with van der Waals surface area (Å²) in [4.78, 5) is 0. The zero-order valence-electron chi connectivity index (χ0n) is 10.4. The van der Waals surface area contributed by atoms with Crippen molar-refractivity contribution in [2.24, 2.45) is 0 Å². The summed E-state index contributed by atoms with van der Waals surface area (Å²) in [5.74, 6) is -0.495. The number of anilines is 1. The summed E-state index contributed by atoms with van der Waals surface area (Å²) in [5, 5.41) is 3.00. The number of rotatable bonds is 5. The fraction of sp³-hybridized carbons (Fsp3) is 0.286. The second kappa shape index (κ2) is 6.06. The van der Waals surface area contributed by atoms with Gasteiger partial charge in [-0.1, -0.05) is 11.6 Å². The van der Waals surface area contributed by atoms with E-state index in [1.165, 1.54) is 0 Å². The predicted molar refractivity (Wildman–Crippen MR) is 71.5 cm³/mol. The van der Waals surface area contributed by atoms with E-state index in [2.05, 4.69) is 5.32 Å². The second-order valence-corrected chi connectivity index (χ2v) is 4.82. The number of benzene rings is 1. The lowest BCUT2D eigenvalue weighted by Gasteiger charge is -2.16. The molecule has 1 N–H and O–H groups in total. The summed E-state index contributed by atoms with van der Waals surface area (Å²) >= 11 is 5.82. The second-order valence-electron chi connectivity index (χ2n) is 4.41. The Kier molecular flexibility index (Phi) is 4.43. The van der Waals surface area contributed by atoms with Gasteiger partial charge < -0.3 is 9.73 Å². The molecule has 1 unspecified atom stereocenters. The lowest BCUT2D eigenvalue weighted by Crippen LogP contribution is -2.17. The third kappa shape index (κ3) is 3.70. The maximum Gasteiger partial charge on any atom is 0.150 e. The predicted octanol–water partition coefficient (Wildman–Crippen LogP) is 4.64. The van der Waals surface area contributed by atoms with E-state index in [1.807, 2.05) is 19.1 Å². The molecule has 2 nitrogen and oxygen atoms in total. The smallest absolute Gasteiger partial charge is 0.150 e. The van der Waals surface area contributed by atoms with Crippen LogP contribution < -0.4 is 5.32 Å². The van der Waals surface area contributed by atoms with Crippen molar-refractivity contribution >= 4 is 17.3 Å². The Morgan fingerprint density at radius 2 is 2.16 bits per heavy atom. The molecule has 0 radical (unpaired) electrons. The lowest BCUT2D eigenvalue weighted by molar-refractivity contribution is 0.494. The largest absolute Gasteiger partial charge is 0.469 e. The van der Waals surface area contributed by atoms with Gasteiger partial charge in [0.25, 0.3) is 0 Å². The van der Waals surface area contributed by atoms with Gasteiger partial charge in [-0.3, -0.25) is 0 Å². The van der Waals surface area contributed by atoms with Crippen molar-refractivity contribution in [3.63, 3.8) is 0 Å². The maximum atomic E-state index is 13.6. The molecular formula is C14H14ClF2NO. The molecule has 0 aliphatic rings. The van der Waals surface area contributed by atoms with E-state index in [9.17, 15) is 8.78 Å². The van der Waals surface area contributed by atoms with E-state index in [-0.39, 0.29) is 16.8 Å². The first-order valence-corrected chi connectivity index (χ1v) is 6.37. The summed E-state index contributed by atoms with van der Waals surface area (Å²) in [6, 6.07) is 5.60. The minimum Gasteiger partial charge on any atom is -0.469 e. The molecule has 1 heterocycles. The Morgan fingerprint density at radius 1 is 1.37 bits per heavy atom. The molecule has 0 saturated heterocycles. The lowest BCUT2D eigenvalue weighted by atomic mass is 10.1. The molecule has 0 aliphatic heterocycles. The number of aryl methyl sites for hydroxylation is 1. The molecule has 19 heavy (non-hydrogen) atoms. The van der Waals surface area contributed by atoms with Crippen LogP contribution in [0.4, 0.5) is 14.5 Å². The van der Waals surface area contributed by atoms with Gasteiger partial charge in [0.2, 0.25) is 0 Å². The Hall–Kier alpha value is -1.55. The van der Waals surface area contributed by atoms with E-state index in [0.29, 0.717) is 0 Å². The minimum absolute atomic E-state index is 0.0115. The molecule has 0 bridgehead atoms. The van der Waals surface area contributed by atoms with Gasteiger partial charge in [-0.15, -0.1) is 0 Å². The monoisotopic (exact) mass is 285 g/mol. The maximum absolute atomic E-state index is 13.6. The van der Waals surface area contributed by atoms with Crippen LogP contribution in [0.15, 0.2) is 34.9 Å². The van der Waals surface area contributed by atoms with Crippen molar-refractivity contribution in [1.82, 2.24) is 0 Å². The molecule has 0 spiro atoms. The van der Waals surface area contributed by atoms with Crippen LogP contribution in [0.3, 0.4) is 0 Å². The molecule has 2 aromatic rings. The van der Waals surface area contributed by atoms with Crippen LogP contribution >= 0.6 is 11.6 Å². The molecule has 0 amide bonds. The van der Waals surface area contributed by atoms with Crippen LogP contribution in [-0.2, 0) is 6.42 Å². The van der Waals surface area contributed by atoms with Gasteiger partial charge >= 0.3 is 0 Å². The standard InChI is InChI=1S/C14H14ClF2NO/c1-9(4-5-11-3-2-6-19-11)18-14-12(15)7-10(16)8-13(14)17/h2-3,6-9,18H,4-5H2,1H3. The summed E-state index contributed by atoms with van der Waals surface area (Å²) in [6.45, 7) is 1.90. The minimum atomic E-state index is -0.685. The van der Waals surface area contributed by atoms with Crippen LogP contribution in [-0.4, -0.2) is 6.04 Å².